The molecule has 1 atom stereocenters. The monoisotopic (exact) mass is 329 g/mol. The summed E-state index contributed by atoms with van der Waals surface area (Å²) >= 11 is 2.28. The molecule has 1 unspecified atom stereocenters. The normalized spacial score (nSPS) is 19.4. The maximum absolute atomic E-state index is 11.6. The number of nitrogens with one attached hydrogen (secondary N) is 1. The Morgan fingerprint density at radius 3 is 2.94 bits per heavy atom. The summed E-state index contributed by atoms with van der Waals surface area (Å²) in [4.78, 5) is 11.6. The van der Waals surface area contributed by atoms with Gasteiger partial charge in [-0.05, 0) is 34.2 Å². The van der Waals surface area contributed by atoms with E-state index >= 15 is 0 Å². The highest BCUT2D eigenvalue weighted by Crippen LogP contribution is 2.29. The number of benzene rings is 1. The smallest absolute Gasteiger partial charge is 0.335 e. The fourth-order valence-electron chi connectivity index (χ4n) is 1.82. The van der Waals surface area contributed by atoms with Gasteiger partial charge in [-0.3, -0.25) is 0 Å². The average molecular weight is 329 g/mol. The first-order chi connectivity index (χ1) is 7.74. The zero-order valence-electron chi connectivity index (χ0n) is 8.87. The van der Waals surface area contributed by atoms with Crippen LogP contribution in [0.3, 0.4) is 0 Å². The number of carbonyl (C=O) groups is 1. The van der Waals surface area contributed by atoms with Crippen molar-refractivity contribution in [2.75, 3.05) is 13.7 Å². The quantitative estimate of drug-likeness (QED) is 0.667. The minimum atomic E-state index is -0.255. The van der Waals surface area contributed by atoms with Gasteiger partial charge in [-0.1, -0.05) is 24.3 Å². The number of carbonyl (C=O) groups excluding carboxylic acids is 1. The highest BCUT2D eigenvalue weighted by Gasteiger charge is 2.27. The molecule has 0 radical (unpaired) electrons. The van der Waals surface area contributed by atoms with Crippen molar-refractivity contribution in [3.05, 3.63) is 45.0 Å². The van der Waals surface area contributed by atoms with Crippen LogP contribution >= 0.6 is 22.6 Å². The van der Waals surface area contributed by atoms with Crippen molar-refractivity contribution in [1.82, 2.24) is 5.32 Å². The molecule has 0 bridgehead atoms. The van der Waals surface area contributed by atoms with E-state index in [1.807, 2.05) is 30.3 Å². The van der Waals surface area contributed by atoms with Gasteiger partial charge in [-0.25, -0.2) is 4.79 Å². The van der Waals surface area contributed by atoms with Crippen LogP contribution in [0.15, 0.2) is 35.9 Å². The third kappa shape index (κ3) is 2.12. The van der Waals surface area contributed by atoms with Crippen LogP contribution in [-0.4, -0.2) is 19.6 Å². The first kappa shape index (κ1) is 11.6. The lowest BCUT2D eigenvalue weighted by Crippen LogP contribution is -2.21. The molecule has 1 heterocycles. The molecule has 0 saturated carbocycles. The van der Waals surface area contributed by atoms with E-state index in [1.165, 1.54) is 7.11 Å². The van der Waals surface area contributed by atoms with Crippen LogP contribution in [0.1, 0.15) is 11.6 Å². The van der Waals surface area contributed by atoms with Crippen molar-refractivity contribution in [3.8, 4) is 0 Å². The molecule has 1 N–H and O–H groups in total. The van der Waals surface area contributed by atoms with Gasteiger partial charge in [0.1, 0.15) is 0 Å². The number of esters is 1. The van der Waals surface area contributed by atoms with Gasteiger partial charge in [-0.2, -0.15) is 0 Å². The van der Waals surface area contributed by atoms with Crippen LogP contribution in [-0.2, 0) is 9.53 Å². The molecule has 0 aliphatic carbocycles. The molecule has 4 heteroatoms. The number of ether oxygens (including phenoxy) is 1. The lowest BCUT2D eigenvalue weighted by molar-refractivity contribution is -0.136. The average Bonchev–Trinajstić information content (AvgIpc) is 2.77. The molecule has 16 heavy (non-hydrogen) atoms. The van der Waals surface area contributed by atoms with Crippen molar-refractivity contribution >= 4 is 28.6 Å². The molecule has 0 aromatic heterocycles. The highest BCUT2D eigenvalue weighted by atomic mass is 127. The van der Waals surface area contributed by atoms with Crippen LogP contribution in [0.25, 0.3) is 0 Å². The summed E-state index contributed by atoms with van der Waals surface area (Å²) in [6.45, 7) is 0.708. The molecule has 2 rings (SSSR count). The molecule has 1 aromatic carbocycles. The second-order valence-corrected chi connectivity index (χ2v) is 4.68. The lowest BCUT2D eigenvalue weighted by atomic mass is 10.0. The third-order valence-corrected chi connectivity index (χ3v) is 3.57. The number of methoxy groups -OCH3 is 1. The van der Waals surface area contributed by atoms with Crippen LogP contribution < -0.4 is 5.32 Å². The molecule has 0 spiro atoms. The van der Waals surface area contributed by atoms with Gasteiger partial charge >= 0.3 is 5.97 Å². The van der Waals surface area contributed by atoms with E-state index in [1.54, 1.807) is 0 Å². The summed E-state index contributed by atoms with van der Waals surface area (Å²) in [5.74, 6) is -0.255. The van der Waals surface area contributed by atoms with E-state index < -0.39 is 0 Å². The maximum Gasteiger partial charge on any atom is 0.335 e. The number of halogens is 1. The maximum atomic E-state index is 11.6. The Bertz CT molecular complexity index is 442. The van der Waals surface area contributed by atoms with Crippen LogP contribution in [0.4, 0.5) is 0 Å². The lowest BCUT2D eigenvalue weighted by Gasteiger charge is -2.16. The number of rotatable bonds is 2. The first-order valence-corrected chi connectivity index (χ1v) is 6.08. The molecule has 0 saturated heterocycles. The van der Waals surface area contributed by atoms with Gasteiger partial charge in [0.15, 0.2) is 0 Å². The Kier molecular flexibility index (Phi) is 3.60. The topological polar surface area (TPSA) is 38.3 Å². The van der Waals surface area contributed by atoms with E-state index in [0.717, 1.165) is 9.13 Å². The van der Waals surface area contributed by atoms with Crippen LogP contribution in [0.5, 0.6) is 0 Å². The second kappa shape index (κ2) is 4.97. The Morgan fingerprint density at radius 1 is 1.50 bits per heavy atom. The Hall–Kier alpha value is -0.880. The predicted molar refractivity (Wildman–Crippen MR) is 70.0 cm³/mol. The summed E-state index contributed by atoms with van der Waals surface area (Å²) in [6, 6.07) is 7.99. The van der Waals surface area contributed by atoms with E-state index in [9.17, 15) is 4.79 Å². The molecule has 1 aliphatic heterocycles. The molecule has 1 aliphatic rings. The van der Waals surface area contributed by atoms with Gasteiger partial charge in [0.05, 0.1) is 18.7 Å². The Labute approximate surface area is 108 Å². The van der Waals surface area contributed by atoms with Crippen molar-refractivity contribution in [1.29, 1.82) is 0 Å². The van der Waals surface area contributed by atoms with Crippen LogP contribution in [0, 0.1) is 3.57 Å². The summed E-state index contributed by atoms with van der Waals surface area (Å²) in [6.07, 6.45) is 1.89. The molecule has 3 nitrogen and oxygen atoms in total. The van der Waals surface area contributed by atoms with E-state index in [-0.39, 0.29) is 12.0 Å². The van der Waals surface area contributed by atoms with Crippen molar-refractivity contribution in [3.63, 3.8) is 0 Å². The molecule has 0 fully saturated rings. The minimum absolute atomic E-state index is 0.0412. The fraction of sp³-hybridized carbons (Fsp3) is 0.250. The van der Waals surface area contributed by atoms with Gasteiger partial charge in [0.25, 0.3) is 0 Å². The van der Waals surface area contributed by atoms with Gasteiger partial charge in [0.2, 0.25) is 0 Å². The fourth-order valence-corrected chi connectivity index (χ4v) is 2.52. The molecule has 84 valence electrons. The summed E-state index contributed by atoms with van der Waals surface area (Å²) in [7, 11) is 1.41. The molecular weight excluding hydrogens is 317 g/mol. The minimum Gasteiger partial charge on any atom is -0.466 e. The number of hydrogen-bond donors (Lipinski definition) is 1. The van der Waals surface area contributed by atoms with Gasteiger partial charge in [0, 0.05) is 10.1 Å². The van der Waals surface area contributed by atoms with E-state index in [4.69, 9.17) is 4.74 Å². The second-order valence-electron chi connectivity index (χ2n) is 3.51. The molecule has 0 amide bonds. The van der Waals surface area contributed by atoms with E-state index in [2.05, 4.69) is 27.9 Å². The zero-order valence-corrected chi connectivity index (χ0v) is 11.0. The Balaban J connectivity index is 2.32. The Morgan fingerprint density at radius 2 is 2.25 bits per heavy atom. The SMILES string of the molecule is COC(=O)C1=CCNC1c1ccccc1I. The van der Waals surface area contributed by atoms with Crippen molar-refractivity contribution in [2.45, 2.75) is 6.04 Å². The molecule has 1 aromatic rings. The highest BCUT2D eigenvalue weighted by molar-refractivity contribution is 14.1. The standard InChI is InChI=1S/C12H12INO2/c1-16-12(15)9-6-7-14-11(9)8-4-2-3-5-10(8)13/h2-6,11,14H,7H2,1H3. The molecular formula is C12H12INO2. The van der Waals surface area contributed by atoms with E-state index in [0.29, 0.717) is 12.1 Å². The summed E-state index contributed by atoms with van der Waals surface area (Å²) < 4.78 is 5.92. The zero-order chi connectivity index (χ0) is 11.5. The van der Waals surface area contributed by atoms with Crippen molar-refractivity contribution < 1.29 is 9.53 Å². The predicted octanol–water partition coefficient (Wildman–Crippen LogP) is 2.03. The van der Waals surface area contributed by atoms with Crippen molar-refractivity contribution in [2.24, 2.45) is 0 Å². The third-order valence-electron chi connectivity index (χ3n) is 2.59. The number of hydrogen-bond acceptors (Lipinski definition) is 3. The largest absolute Gasteiger partial charge is 0.466 e. The van der Waals surface area contributed by atoms with Crippen LogP contribution in [0.2, 0.25) is 0 Å². The van der Waals surface area contributed by atoms with Gasteiger partial charge < -0.3 is 10.1 Å². The first-order valence-electron chi connectivity index (χ1n) is 5.00. The summed E-state index contributed by atoms with van der Waals surface area (Å²) in [5, 5.41) is 3.28. The van der Waals surface area contributed by atoms with Gasteiger partial charge in [-0.15, -0.1) is 0 Å². The summed E-state index contributed by atoms with van der Waals surface area (Å²) in [5.41, 5.74) is 1.82.